The second kappa shape index (κ2) is 11.9. The summed E-state index contributed by atoms with van der Waals surface area (Å²) in [5.41, 5.74) is 0. The highest BCUT2D eigenvalue weighted by Crippen LogP contribution is 2.44. The third-order valence-corrected chi connectivity index (χ3v) is 5.36. The minimum Gasteiger partial charge on any atom is -0.465 e. The maximum absolute atomic E-state index is 15.5. The Morgan fingerprint density at radius 3 is 2.31 bits per heavy atom. The van der Waals surface area contributed by atoms with E-state index in [0.29, 0.717) is 0 Å². The molecular formula is C22H30F2O8. The van der Waals surface area contributed by atoms with E-state index in [1.54, 1.807) is 6.92 Å². The Kier molecular flexibility index (Phi) is 10.2. The van der Waals surface area contributed by atoms with Crippen LogP contribution in [0.1, 0.15) is 53.4 Å². The predicted octanol–water partition coefficient (Wildman–Crippen LogP) is 2.46. The lowest BCUT2D eigenvalue weighted by atomic mass is 9.74. The summed E-state index contributed by atoms with van der Waals surface area (Å²) in [4.78, 5) is 47.9. The zero-order chi connectivity index (χ0) is 24.6. The fourth-order valence-corrected chi connectivity index (χ4v) is 3.78. The molecule has 10 heteroatoms. The van der Waals surface area contributed by atoms with Crippen LogP contribution in [0.15, 0.2) is 0 Å². The summed E-state index contributed by atoms with van der Waals surface area (Å²) in [5, 5.41) is 0. The number of esters is 3. The molecule has 1 heterocycles. The minimum absolute atomic E-state index is 0.0521. The second-order valence-corrected chi connectivity index (χ2v) is 7.76. The summed E-state index contributed by atoms with van der Waals surface area (Å²) in [6.07, 6.45) is -1.62. The summed E-state index contributed by atoms with van der Waals surface area (Å²) in [7, 11) is 0.867. The molecule has 0 bridgehead atoms. The van der Waals surface area contributed by atoms with Gasteiger partial charge in [0.15, 0.2) is 12.3 Å². The average molecular weight is 460 g/mol. The largest absolute Gasteiger partial charge is 0.465 e. The molecule has 1 aliphatic rings. The van der Waals surface area contributed by atoms with Crippen LogP contribution in [0.4, 0.5) is 8.78 Å². The quantitative estimate of drug-likeness (QED) is 0.278. The lowest BCUT2D eigenvalue weighted by molar-refractivity contribution is -0.295. The monoisotopic (exact) mass is 460 g/mol. The molecule has 0 amide bonds. The first-order valence-corrected chi connectivity index (χ1v) is 10.3. The molecule has 0 N–H and O–H groups in total. The number of carbonyl (C=O) groups excluding carboxylic acids is 4. The molecule has 7 atom stereocenters. The molecule has 1 fully saturated rings. The number of Topliss-reactive ketones (excluding diaryl/α,β-unsaturated/α-hetero) is 1. The maximum atomic E-state index is 15.5. The zero-order valence-electron chi connectivity index (χ0n) is 18.9. The molecule has 32 heavy (non-hydrogen) atoms. The summed E-state index contributed by atoms with van der Waals surface area (Å²) in [6.45, 7) is 5.31. The molecule has 0 aliphatic carbocycles. The fraction of sp³-hybridized carbons (Fsp3) is 0.727. The fourth-order valence-electron chi connectivity index (χ4n) is 3.78. The molecule has 0 aromatic rings. The van der Waals surface area contributed by atoms with Gasteiger partial charge in [-0.3, -0.25) is 9.59 Å². The van der Waals surface area contributed by atoms with E-state index in [1.165, 1.54) is 13.8 Å². The number of terminal acetylenes is 1. The summed E-state index contributed by atoms with van der Waals surface area (Å²) < 4.78 is 50.8. The SMILES string of the molecule is C#CCCC(=O)O[C@@H](C1OC(F)(C(=O)OC)C(F)C(C)C1CC(C)=O)[C@@H](CC)OC(C)=O. The maximum Gasteiger partial charge on any atom is 0.375 e. The second-order valence-electron chi connectivity index (χ2n) is 7.76. The van der Waals surface area contributed by atoms with Gasteiger partial charge in [0.2, 0.25) is 0 Å². The Balaban J connectivity index is 3.52. The van der Waals surface area contributed by atoms with Crippen molar-refractivity contribution in [3.8, 4) is 12.3 Å². The van der Waals surface area contributed by atoms with Crippen molar-refractivity contribution in [2.75, 3.05) is 7.11 Å². The number of carbonyl (C=O) groups is 4. The van der Waals surface area contributed by atoms with Gasteiger partial charge in [-0.1, -0.05) is 13.8 Å². The first-order chi connectivity index (χ1) is 14.9. The van der Waals surface area contributed by atoms with Crippen LogP contribution in [0, 0.1) is 24.2 Å². The lowest BCUT2D eigenvalue weighted by Gasteiger charge is -2.47. The molecule has 0 aromatic heterocycles. The van der Waals surface area contributed by atoms with Crippen LogP contribution < -0.4 is 0 Å². The number of methoxy groups -OCH3 is 1. The number of alkyl halides is 2. The molecular weight excluding hydrogens is 430 g/mol. The van der Waals surface area contributed by atoms with E-state index in [1.807, 2.05) is 0 Å². The first-order valence-electron chi connectivity index (χ1n) is 10.3. The van der Waals surface area contributed by atoms with Crippen molar-refractivity contribution < 1.29 is 46.9 Å². The van der Waals surface area contributed by atoms with Crippen LogP contribution in [0.5, 0.6) is 0 Å². The van der Waals surface area contributed by atoms with E-state index in [2.05, 4.69) is 10.7 Å². The van der Waals surface area contributed by atoms with Crippen molar-refractivity contribution in [1.29, 1.82) is 0 Å². The highest BCUT2D eigenvalue weighted by molar-refractivity contribution is 5.79. The Bertz CT molecular complexity index is 749. The number of ketones is 1. The summed E-state index contributed by atoms with van der Waals surface area (Å²) >= 11 is 0. The number of ether oxygens (including phenoxy) is 4. The van der Waals surface area contributed by atoms with Gasteiger partial charge in [0.1, 0.15) is 18.0 Å². The average Bonchev–Trinajstić information content (AvgIpc) is 2.73. The van der Waals surface area contributed by atoms with Crippen molar-refractivity contribution >= 4 is 23.7 Å². The molecule has 0 radical (unpaired) electrons. The highest BCUT2D eigenvalue weighted by atomic mass is 19.2. The van der Waals surface area contributed by atoms with Crippen molar-refractivity contribution in [3.63, 3.8) is 0 Å². The number of halogens is 2. The first kappa shape index (κ1) is 27.5. The molecule has 0 aromatic carbocycles. The number of hydrogen-bond donors (Lipinski definition) is 0. The van der Waals surface area contributed by atoms with Crippen LogP contribution in [-0.4, -0.2) is 61.1 Å². The van der Waals surface area contributed by atoms with Crippen LogP contribution in [0.3, 0.4) is 0 Å². The van der Waals surface area contributed by atoms with Crippen molar-refractivity contribution in [1.82, 2.24) is 0 Å². The Morgan fingerprint density at radius 1 is 1.22 bits per heavy atom. The van der Waals surface area contributed by atoms with Gasteiger partial charge in [-0.2, -0.15) is 4.39 Å². The van der Waals surface area contributed by atoms with Crippen LogP contribution in [0.25, 0.3) is 0 Å². The molecule has 5 unspecified atom stereocenters. The topological polar surface area (TPSA) is 105 Å². The molecule has 8 nitrogen and oxygen atoms in total. The van der Waals surface area contributed by atoms with Gasteiger partial charge in [-0.15, -0.1) is 12.3 Å². The molecule has 1 rings (SSSR count). The van der Waals surface area contributed by atoms with E-state index < -0.39 is 60.1 Å². The van der Waals surface area contributed by atoms with E-state index in [4.69, 9.17) is 20.6 Å². The Labute approximate surface area is 186 Å². The number of rotatable bonds is 10. The van der Waals surface area contributed by atoms with Gasteiger partial charge < -0.3 is 23.7 Å². The molecule has 0 spiro atoms. The normalized spacial score (nSPS) is 29.2. The molecule has 0 saturated carbocycles. The van der Waals surface area contributed by atoms with Crippen LogP contribution in [-0.2, 0) is 38.1 Å². The van der Waals surface area contributed by atoms with E-state index >= 15 is 4.39 Å². The van der Waals surface area contributed by atoms with Gasteiger partial charge >= 0.3 is 23.8 Å². The standard InChI is InChI=1S/C22H30F2O8/c1-7-9-10-17(27)31-19(16(8-2)30-14(5)26)18-15(11-12(3)25)13(4)20(23)22(24,32-18)21(28)29-6/h1,13,15-16,18-20H,8-11H2,2-6H3/t13?,15?,16-,18?,19-,20?,22?/m1/s1. The van der Waals surface area contributed by atoms with Crippen molar-refractivity contribution in [3.05, 3.63) is 0 Å². The van der Waals surface area contributed by atoms with Gasteiger partial charge in [0.05, 0.1) is 13.5 Å². The van der Waals surface area contributed by atoms with Crippen molar-refractivity contribution in [2.24, 2.45) is 11.8 Å². The summed E-state index contributed by atoms with van der Waals surface area (Å²) in [6, 6.07) is 0. The lowest BCUT2D eigenvalue weighted by Crippen LogP contribution is -2.63. The third-order valence-electron chi connectivity index (χ3n) is 5.36. The third kappa shape index (κ3) is 6.48. The predicted molar refractivity (Wildman–Crippen MR) is 107 cm³/mol. The highest BCUT2D eigenvalue weighted by Gasteiger charge is 2.62. The van der Waals surface area contributed by atoms with Gasteiger partial charge in [-0.25, -0.2) is 9.18 Å². The zero-order valence-corrected chi connectivity index (χ0v) is 18.9. The Morgan fingerprint density at radius 2 is 1.84 bits per heavy atom. The van der Waals surface area contributed by atoms with E-state index in [0.717, 1.165) is 14.0 Å². The minimum atomic E-state index is -3.51. The van der Waals surface area contributed by atoms with E-state index in [-0.39, 0.29) is 31.5 Å². The van der Waals surface area contributed by atoms with Gasteiger partial charge in [-0.05, 0) is 19.3 Å². The molecule has 1 saturated heterocycles. The van der Waals surface area contributed by atoms with Gasteiger partial charge in [0, 0.05) is 25.7 Å². The van der Waals surface area contributed by atoms with Crippen LogP contribution in [0.2, 0.25) is 0 Å². The van der Waals surface area contributed by atoms with Crippen LogP contribution >= 0.6 is 0 Å². The summed E-state index contributed by atoms with van der Waals surface area (Å²) in [5.74, 6) is -6.90. The van der Waals surface area contributed by atoms with Crippen molar-refractivity contribution in [2.45, 2.75) is 83.7 Å². The van der Waals surface area contributed by atoms with Gasteiger partial charge in [0.25, 0.3) is 0 Å². The number of hydrogen-bond acceptors (Lipinski definition) is 8. The van der Waals surface area contributed by atoms with E-state index in [9.17, 15) is 23.6 Å². The Hall–Kier alpha value is -2.54. The smallest absolute Gasteiger partial charge is 0.375 e. The molecule has 1 aliphatic heterocycles. The molecule has 180 valence electrons.